The largest absolute Gasteiger partial charge is 0.351 e. The first-order valence-electron chi connectivity index (χ1n) is 6.00. The van der Waals surface area contributed by atoms with Gasteiger partial charge in [0.1, 0.15) is 0 Å². The molecule has 0 fully saturated rings. The summed E-state index contributed by atoms with van der Waals surface area (Å²) in [5, 5.41) is 3.48. The summed E-state index contributed by atoms with van der Waals surface area (Å²) in [6, 6.07) is 15.3. The maximum Gasteiger partial charge on any atom is 0.252 e. The van der Waals surface area contributed by atoms with Crippen molar-refractivity contribution in [2.45, 2.75) is 4.83 Å². The first kappa shape index (κ1) is 15.8. The lowest BCUT2D eigenvalue weighted by atomic mass is 10.1. The molecule has 20 heavy (non-hydrogen) atoms. The molecule has 5 heteroatoms. The van der Waals surface area contributed by atoms with E-state index in [0.717, 1.165) is 9.13 Å². The molecule has 0 radical (unpaired) electrons. The first-order chi connectivity index (χ1) is 9.58. The van der Waals surface area contributed by atoms with Crippen LogP contribution in [-0.2, 0) is 0 Å². The SMILES string of the molecule is O=C(NCC(Br)c1ccccc1)c1cc(Cl)ccc1I. The lowest BCUT2D eigenvalue weighted by Gasteiger charge is -2.12. The molecular weight excluding hydrogens is 452 g/mol. The summed E-state index contributed by atoms with van der Waals surface area (Å²) >= 11 is 11.6. The number of rotatable bonds is 4. The molecule has 2 aromatic carbocycles. The lowest BCUT2D eigenvalue weighted by molar-refractivity contribution is 0.0953. The second-order valence-corrected chi connectivity index (χ2v) is 6.92. The van der Waals surface area contributed by atoms with Crippen molar-refractivity contribution in [3.63, 3.8) is 0 Å². The fraction of sp³-hybridized carbons (Fsp3) is 0.133. The summed E-state index contributed by atoms with van der Waals surface area (Å²) in [5.41, 5.74) is 1.74. The van der Waals surface area contributed by atoms with Gasteiger partial charge in [0.2, 0.25) is 0 Å². The number of nitrogens with one attached hydrogen (secondary N) is 1. The Hall–Kier alpha value is -0.590. The highest BCUT2D eigenvalue weighted by molar-refractivity contribution is 14.1. The van der Waals surface area contributed by atoms with Crippen LogP contribution in [0.1, 0.15) is 20.7 Å². The predicted molar refractivity (Wildman–Crippen MR) is 94.6 cm³/mol. The lowest BCUT2D eigenvalue weighted by Crippen LogP contribution is -2.27. The van der Waals surface area contributed by atoms with Crippen molar-refractivity contribution in [2.24, 2.45) is 0 Å². The van der Waals surface area contributed by atoms with E-state index in [4.69, 9.17) is 11.6 Å². The summed E-state index contributed by atoms with van der Waals surface area (Å²) in [4.78, 5) is 12.2. The summed E-state index contributed by atoms with van der Waals surface area (Å²) in [6.45, 7) is 0.519. The van der Waals surface area contributed by atoms with Gasteiger partial charge in [-0.3, -0.25) is 4.79 Å². The fourth-order valence-corrected chi connectivity index (χ4v) is 2.95. The molecule has 104 valence electrons. The smallest absolute Gasteiger partial charge is 0.252 e. The van der Waals surface area contributed by atoms with Crippen LogP contribution in [0.4, 0.5) is 0 Å². The molecule has 0 heterocycles. The van der Waals surface area contributed by atoms with Gasteiger partial charge < -0.3 is 5.32 Å². The molecular formula is C15H12BrClINO. The topological polar surface area (TPSA) is 29.1 Å². The third-order valence-corrected chi connectivity index (χ3v) is 4.80. The van der Waals surface area contributed by atoms with Gasteiger partial charge in [0.05, 0.1) is 10.4 Å². The van der Waals surface area contributed by atoms with E-state index in [9.17, 15) is 4.79 Å². The van der Waals surface area contributed by atoms with Crippen LogP contribution >= 0.6 is 50.1 Å². The zero-order chi connectivity index (χ0) is 14.5. The average molecular weight is 465 g/mol. The van der Waals surface area contributed by atoms with Crippen LogP contribution in [0.15, 0.2) is 48.5 Å². The van der Waals surface area contributed by atoms with Gasteiger partial charge in [0, 0.05) is 15.1 Å². The molecule has 0 saturated heterocycles. The molecule has 2 nitrogen and oxygen atoms in total. The van der Waals surface area contributed by atoms with Crippen LogP contribution in [0.5, 0.6) is 0 Å². The predicted octanol–water partition coefficient (Wildman–Crippen LogP) is 4.81. The molecule has 1 N–H and O–H groups in total. The third-order valence-electron chi connectivity index (χ3n) is 2.78. The van der Waals surface area contributed by atoms with Gasteiger partial charge in [-0.25, -0.2) is 0 Å². The summed E-state index contributed by atoms with van der Waals surface area (Å²) in [7, 11) is 0. The highest BCUT2D eigenvalue weighted by Gasteiger charge is 2.13. The molecule has 0 aromatic heterocycles. The normalized spacial score (nSPS) is 11.9. The van der Waals surface area contributed by atoms with Crippen LogP contribution in [-0.4, -0.2) is 12.5 Å². The standard InChI is InChI=1S/C15H12BrClINO/c16-13(10-4-2-1-3-5-10)9-19-15(20)12-8-11(17)6-7-14(12)18/h1-8,13H,9H2,(H,19,20). The number of hydrogen-bond acceptors (Lipinski definition) is 1. The van der Waals surface area contributed by atoms with E-state index in [2.05, 4.69) is 43.8 Å². The zero-order valence-corrected chi connectivity index (χ0v) is 14.9. The van der Waals surface area contributed by atoms with Gasteiger partial charge >= 0.3 is 0 Å². The summed E-state index contributed by atoms with van der Waals surface area (Å²) in [5.74, 6) is -0.114. The molecule has 0 aliphatic rings. The van der Waals surface area contributed by atoms with E-state index in [-0.39, 0.29) is 10.7 Å². The number of amides is 1. The molecule has 0 aliphatic carbocycles. The van der Waals surface area contributed by atoms with Crippen LogP contribution in [0.3, 0.4) is 0 Å². The average Bonchev–Trinajstić information content (AvgIpc) is 2.47. The van der Waals surface area contributed by atoms with Crippen molar-refractivity contribution in [3.05, 3.63) is 68.3 Å². The van der Waals surface area contributed by atoms with Crippen molar-refractivity contribution >= 4 is 56.0 Å². The Morgan fingerprint density at radius 3 is 2.65 bits per heavy atom. The van der Waals surface area contributed by atoms with Gasteiger partial charge in [0.15, 0.2) is 0 Å². The molecule has 0 bridgehead atoms. The van der Waals surface area contributed by atoms with Crippen LogP contribution < -0.4 is 5.32 Å². The number of carbonyl (C=O) groups excluding carboxylic acids is 1. The maximum atomic E-state index is 12.2. The van der Waals surface area contributed by atoms with E-state index in [1.807, 2.05) is 36.4 Å². The first-order valence-corrected chi connectivity index (χ1v) is 8.37. The van der Waals surface area contributed by atoms with E-state index >= 15 is 0 Å². The number of carbonyl (C=O) groups is 1. The van der Waals surface area contributed by atoms with Gasteiger partial charge in [-0.1, -0.05) is 57.9 Å². The molecule has 0 aliphatic heterocycles. The summed E-state index contributed by atoms with van der Waals surface area (Å²) in [6.07, 6.45) is 0. The molecule has 0 spiro atoms. The minimum atomic E-state index is -0.114. The Labute approximate surface area is 145 Å². The number of hydrogen-bond donors (Lipinski definition) is 1. The fourth-order valence-electron chi connectivity index (χ4n) is 1.73. The molecule has 1 unspecified atom stereocenters. The van der Waals surface area contributed by atoms with Crippen molar-refractivity contribution < 1.29 is 4.79 Å². The molecule has 1 atom stereocenters. The van der Waals surface area contributed by atoms with Crippen LogP contribution in [0, 0.1) is 3.57 Å². The second-order valence-electron chi connectivity index (χ2n) is 4.21. The van der Waals surface area contributed by atoms with E-state index in [1.54, 1.807) is 12.1 Å². The molecule has 2 rings (SSSR count). The monoisotopic (exact) mass is 463 g/mol. The van der Waals surface area contributed by atoms with Gasteiger partial charge in [0.25, 0.3) is 5.91 Å². The van der Waals surface area contributed by atoms with Gasteiger partial charge in [-0.15, -0.1) is 0 Å². The van der Waals surface area contributed by atoms with E-state index in [1.165, 1.54) is 0 Å². The third kappa shape index (κ3) is 4.20. The summed E-state index contributed by atoms with van der Waals surface area (Å²) < 4.78 is 0.885. The maximum absolute atomic E-state index is 12.2. The quantitative estimate of drug-likeness (QED) is 0.511. The Morgan fingerprint density at radius 1 is 1.25 bits per heavy atom. The number of halogens is 3. The van der Waals surface area contributed by atoms with Crippen molar-refractivity contribution in [1.82, 2.24) is 5.32 Å². The van der Waals surface area contributed by atoms with E-state index in [0.29, 0.717) is 17.1 Å². The van der Waals surface area contributed by atoms with Gasteiger partial charge in [-0.05, 0) is 46.4 Å². The zero-order valence-electron chi connectivity index (χ0n) is 10.4. The Kier molecular flexibility index (Phi) is 5.86. The van der Waals surface area contributed by atoms with Crippen molar-refractivity contribution in [1.29, 1.82) is 0 Å². The highest BCUT2D eigenvalue weighted by Crippen LogP contribution is 2.22. The minimum absolute atomic E-state index is 0.0875. The molecule has 0 saturated carbocycles. The van der Waals surface area contributed by atoms with Crippen LogP contribution in [0.2, 0.25) is 5.02 Å². The van der Waals surface area contributed by atoms with Gasteiger partial charge in [-0.2, -0.15) is 0 Å². The Morgan fingerprint density at radius 2 is 1.95 bits per heavy atom. The molecule has 1 amide bonds. The molecule has 2 aromatic rings. The minimum Gasteiger partial charge on any atom is -0.351 e. The van der Waals surface area contributed by atoms with Crippen LogP contribution in [0.25, 0.3) is 0 Å². The van der Waals surface area contributed by atoms with Crippen molar-refractivity contribution in [3.8, 4) is 0 Å². The Bertz CT molecular complexity index is 606. The van der Waals surface area contributed by atoms with Crippen molar-refractivity contribution in [2.75, 3.05) is 6.54 Å². The van der Waals surface area contributed by atoms with E-state index < -0.39 is 0 Å². The number of benzene rings is 2. The highest BCUT2D eigenvalue weighted by atomic mass is 127. The Balaban J connectivity index is 2.00. The number of alkyl halides is 1. The second kappa shape index (κ2) is 7.43.